The second-order valence-electron chi connectivity index (χ2n) is 10.9. The zero-order chi connectivity index (χ0) is 26.4. The van der Waals surface area contributed by atoms with Gasteiger partial charge >= 0.3 is 0 Å². The molecule has 0 spiro atoms. The average Bonchev–Trinajstić information content (AvgIpc) is 3.24. The summed E-state index contributed by atoms with van der Waals surface area (Å²) >= 11 is 0. The van der Waals surface area contributed by atoms with Crippen molar-refractivity contribution >= 4 is 10.9 Å². The Bertz CT molecular complexity index is 1330. The maximum Gasteiger partial charge on any atom is 0.152 e. The number of aryl methyl sites for hydroxylation is 1. The van der Waals surface area contributed by atoms with Crippen LogP contribution < -0.4 is 4.74 Å². The first-order valence-electron chi connectivity index (χ1n) is 14.5. The third-order valence-electron chi connectivity index (χ3n) is 8.28. The molecule has 1 fully saturated rings. The molecule has 0 atom stereocenters. The fourth-order valence-corrected chi connectivity index (χ4v) is 6.21. The Morgan fingerprint density at radius 1 is 1.00 bits per heavy atom. The van der Waals surface area contributed by atoms with E-state index in [1.165, 1.54) is 34.2 Å². The molecule has 2 aliphatic heterocycles. The molecule has 6 nitrogen and oxygen atoms in total. The molecule has 3 aromatic rings. The van der Waals surface area contributed by atoms with Gasteiger partial charge in [0.2, 0.25) is 0 Å². The summed E-state index contributed by atoms with van der Waals surface area (Å²) < 4.78 is 12.1. The van der Waals surface area contributed by atoms with Gasteiger partial charge in [0, 0.05) is 63.0 Å². The van der Waals surface area contributed by atoms with Crippen LogP contribution in [-0.4, -0.2) is 66.2 Å². The summed E-state index contributed by atoms with van der Waals surface area (Å²) in [4.78, 5) is 12.3. The summed E-state index contributed by atoms with van der Waals surface area (Å²) in [5.74, 6) is 2.01. The number of methoxy groups -OCH3 is 1. The van der Waals surface area contributed by atoms with Crippen molar-refractivity contribution in [2.45, 2.75) is 45.2 Å². The van der Waals surface area contributed by atoms with Gasteiger partial charge in [0.25, 0.3) is 0 Å². The van der Waals surface area contributed by atoms with Gasteiger partial charge < -0.3 is 14.4 Å². The standard InChI is InChI=1S/C33H40N4O2/c1-38-31-15-7-3-6-14-30(31)37-20-18-35(19-21-37)23-27-22-28-24-36(17-9-12-26-10-4-2-5-11-26)25-39-33(28)32-29(27)13-8-16-34-32/h2,4-5,7-8,10-11,13,15-16,22H,3,6,9,12,14,17-21,23-25H2,1H3. The molecular weight excluding hydrogens is 484 g/mol. The number of pyridine rings is 1. The van der Waals surface area contributed by atoms with Gasteiger partial charge in [-0.1, -0.05) is 42.5 Å². The lowest BCUT2D eigenvalue weighted by molar-refractivity contribution is 0.0956. The molecule has 0 bridgehead atoms. The van der Waals surface area contributed by atoms with Crippen LogP contribution in [0.4, 0.5) is 0 Å². The van der Waals surface area contributed by atoms with E-state index in [1.807, 2.05) is 12.3 Å². The number of rotatable bonds is 8. The zero-order valence-corrected chi connectivity index (χ0v) is 23.1. The van der Waals surface area contributed by atoms with Crippen molar-refractivity contribution < 1.29 is 9.47 Å². The van der Waals surface area contributed by atoms with Gasteiger partial charge in [0.15, 0.2) is 5.75 Å². The molecule has 3 aliphatic rings. The highest BCUT2D eigenvalue weighted by Crippen LogP contribution is 2.35. The summed E-state index contributed by atoms with van der Waals surface area (Å²) in [7, 11) is 1.80. The Labute approximate surface area is 232 Å². The Hall–Kier alpha value is -3.35. The van der Waals surface area contributed by atoms with Crippen LogP contribution >= 0.6 is 0 Å². The van der Waals surface area contributed by atoms with Crippen molar-refractivity contribution in [3.05, 3.63) is 95.0 Å². The number of hydrogen-bond donors (Lipinski definition) is 0. The number of nitrogens with zero attached hydrogens (tertiary/aromatic N) is 4. The molecule has 204 valence electrons. The summed E-state index contributed by atoms with van der Waals surface area (Å²) in [6.07, 6.45) is 11.9. The lowest BCUT2D eigenvalue weighted by Gasteiger charge is -2.38. The van der Waals surface area contributed by atoms with Crippen LogP contribution in [-0.2, 0) is 24.2 Å². The molecule has 0 N–H and O–H groups in total. The first-order chi connectivity index (χ1) is 19.3. The predicted molar refractivity (Wildman–Crippen MR) is 156 cm³/mol. The molecule has 6 heteroatoms. The number of ether oxygens (including phenoxy) is 2. The van der Waals surface area contributed by atoms with Gasteiger partial charge in [-0.2, -0.15) is 0 Å². The SMILES string of the molecule is COC1=C(N2CCN(Cc3cc4c(c5ncccc35)OCN(CCCc3ccccc3)C4)CC2)CCCC=C1. The van der Waals surface area contributed by atoms with Crippen molar-refractivity contribution in [1.82, 2.24) is 19.7 Å². The van der Waals surface area contributed by atoms with Gasteiger partial charge in [0.1, 0.15) is 18.0 Å². The maximum absolute atomic E-state index is 6.33. The third-order valence-corrected chi connectivity index (χ3v) is 8.28. The topological polar surface area (TPSA) is 41.1 Å². The van der Waals surface area contributed by atoms with Crippen molar-refractivity contribution in [3.63, 3.8) is 0 Å². The van der Waals surface area contributed by atoms with Crippen LogP contribution in [0.3, 0.4) is 0 Å². The largest absolute Gasteiger partial charge is 0.495 e. The van der Waals surface area contributed by atoms with Crippen LogP contribution in [0.5, 0.6) is 5.75 Å². The number of piperazine rings is 1. The second-order valence-corrected chi connectivity index (χ2v) is 10.9. The van der Waals surface area contributed by atoms with E-state index >= 15 is 0 Å². The van der Waals surface area contributed by atoms with E-state index in [9.17, 15) is 0 Å². The van der Waals surface area contributed by atoms with Crippen molar-refractivity contribution in [3.8, 4) is 5.75 Å². The van der Waals surface area contributed by atoms with Crippen LogP contribution in [0.15, 0.2) is 78.3 Å². The van der Waals surface area contributed by atoms with E-state index in [0.29, 0.717) is 6.73 Å². The minimum Gasteiger partial charge on any atom is -0.495 e. The first kappa shape index (κ1) is 25.9. The summed E-state index contributed by atoms with van der Waals surface area (Å²) in [5.41, 5.74) is 6.40. The minimum atomic E-state index is 0.628. The molecule has 2 aromatic carbocycles. The lowest BCUT2D eigenvalue weighted by atomic mass is 10.0. The summed E-state index contributed by atoms with van der Waals surface area (Å²) in [6.45, 7) is 7.68. The predicted octanol–water partition coefficient (Wildman–Crippen LogP) is 5.74. The number of allylic oxidation sites excluding steroid dienone is 3. The normalized spacial score (nSPS) is 18.6. The van der Waals surface area contributed by atoms with Crippen LogP contribution in [0.25, 0.3) is 10.9 Å². The second kappa shape index (κ2) is 12.2. The zero-order valence-electron chi connectivity index (χ0n) is 23.1. The average molecular weight is 525 g/mol. The highest BCUT2D eigenvalue weighted by molar-refractivity contribution is 5.89. The molecule has 1 aliphatic carbocycles. The lowest BCUT2D eigenvalue weighted by Crippen LogP contribution is -2.45. The Morgan fingerprint density at radius 3 is 2.72 bits per heavy atom. The van der Waals surface area contributed by atoms with Crippen molar-refractivity contribution in [2.24, 2.45) is 0 Å². The molecule has 0 saturated carbocycles. The molecule has 0 radical (unpaired) electrons. The van der Waals surface area contributed by atoms with E-state index in [1.54, 1.807) is 7.11 Å². The molecule has 1 saturated heterocycles. The molecule has 6 rings (SSSR count). The van der Waals surface area contributed by atoms with E-state index in [4.69, 9.17) is 14.5 Å². The molecule has 0 amide bonds. The minimum absolute atomic E-state index is 0.628. The Morgan fingerprint density at radius 2 is 1.87 bits per heavy atom. The van der Waals surface area contributed by atoms with E-state index in [2.05, 4.69) is 69.3 Å². The number of fused-ring (bicyclic) bond motifs is 3. The van der Waals surface area contributed by atoms with Crippen LogP contribution in [0.2, 0.25) is 0 Å². The van der Waals surface area contributed by atoms with Crippen molar-refractivity contribution in [1.29, 1.82) is 0 Å². The quantitative estimate of drug-likeness (QED) is 0.375. The fourth-order valence-electron chi connectivity index (χ4n) is 6.21. The molecule has 39 heavy (non-hydrogen) atoms. The summed E-state index contributed by atoms with van der Waals surface area (Å²) in [5, 5.41) is 1.22. The van der Waals surface area contributed by atoms with Crippen LogP contribution in [0.1, 0.15) is 42.4 Å². The highest BCUT2D eigenvalue weighted by atomic mass is 16.5. The number of aromatic nitrogens is 1. The number of hydrogen-bond acceptors (Lipinski definition) is 6. The van der Waals surface area contributed by atoms with Gasteiger partial charge in [0.05, 0.1) is 12.8 Å². The third kappa shape index (κ3) is 5.97. The van der Waals surface area contributed by atoms with Gasteiger partial charge in [-0.15, -0.1) is 0 Å². The molecular formula is C33H40N4O2. The van der Waals surface area contributed by atoms with Crippen molar-refractivity contribution in [2.75, 3.05) is 46.6 Å². The Balaban J connectivity index is 1.13. The fraction of sp³-hybridized carbons (Fsp3) is 0.424. The smallest absolute Gasteiger partial charge is 0.152 e. The molecule has 1 aromatic heterocycles. The van der Waals surface area contributed by atoms with Gasteiger partial charge in [-0.25, -0.2) is 0 Å². The van der Waals surface area contributed by atoms with Gasteiger partial charge in [-0.3, -0.25) is 14.8 Å². The van der Waals surface area contributed by atoms with Crippen LogP contribution in [0, 0.1) is 0 Å². The Kier molecular flexibility index (Phi) is 8.12. The highest BCUT2D eigenvalue weighted by Gasteiger charge is 2.25. The number of benzene rings is 2. The van der Waals surface area contributed by atoms with E-state index in [0.717, 1.165) is 88.5 Å². The monoisotopic (exact) mass is 524 g/mol. The van der Waals surface area contributed by atoms with Gasteiger partial charge in [-0.05, 0) is 61.4 Å². The molecule has 3 heterocycles. The maximum atomic E-state index is 6.33. The van der Waals surface area contributed by atoms with E-state index < -0.39 is 0 Å². The first-order valence-corrected chi connectivity index (χ1v) is 14.5. The molecule has 0 unspecified atom stereocenters. The summed E-state index contributed by atoms with van der Waals surface area (Å²) in [6, 6.07) is 17.4. The van der Waals surface area contributed by atoms with E-state index in [-0.39, 0.29) is 0 Å².